The van der Waals surface area contributed by atoms with Gasteiger partial charge >= 0.3 is 5.97 Å². The third-order valence-electron chi connectivity index (χ3n) is 5.44. The second-order valence-electron chi connectivity index (χ2n) is 6.71. The smallest absolute Gasteiger partial charge is 0.310 e. The van der Waals surface area contributed by atoms with Gasteiger partial charge in [-0.05, 0) is 31.0 Å². The molecule has 2 bridgehead atoms. The number of anilines is 1. The summed E-state index contributed by atoms with van der Waals surface area (Å²) in [6.07, 6.45) is 2.83. The van der Waals surface area contributed by atoms with Crippen molar-refractivity contribution in [2.45, 2.75) is 25.0 Å². The number of aliphatic carboxylic acids is 1. The lowest BCUT2D eigenvalue weighted by atomic mass is 9.78. The molecule has 1 aromatic heterocycles. The number of hydrogen-bond acceptors (Lipinski definition) is 3. The van der Waals surface area contributed by atoms with Gasteiger partial charge in [0.25, 0.3) is 0 Å². The third-order valence-corrected chi connectivity index (χ3v) is 5.44. The number of carboxylic acids is 1. The monoisotopic (exact) mass is 328 g/mol. The topological polar surface area (TPSA) is 71.8 Å². The van der Waals surface area contributed by atoms with E-state index in [1.54, 1.807) is 11.9 Å². The molecule has 1 amide bonds. The van der Waals surface area contributed by atoms with E-state index >= 15 is 0 Å². The number of aromatic nitrogens is 1. The number of fused-ring (bicyclic) bond motifs is 3. The predicted molar refractivity (Wildman–Crippen MR) is 88.8 cm³/mol. The maximum Gasteiger partial charge on any atom is 0.310 e. The molecule has 126 valence electrons. The maximum atomic E-state index is 13.1. The van der Waals surface area contributed by atoms with Crippen LogP contribution in [0.2, 0.25) is 0 Å². The van der Waals surface area contributed by atoms with Crippen LogP contribution in [0.4, 0.5) is 5.69 Å². The van der Waals surface area contributed by atoms with E-state index in [4.69, 9.17) is 4.74 Å². The van der Waals surface area contributed by atoms with Crippen LogP contribution in [-0.4, -0.2) is 40.8 Å². The molecule has 0 spiro atoms. The molecule has 6 nitrogen and oxygen atoms in total. The molecule has 3 heterocycles. The van der Waals surface area contributed by atoms with Gasteiger partial charge in [0.2, 0.25) is 5.91 Å². The van der Waals surface area contributed by atoms with Crippen molar-refractivity contribution in [1.29, 1.82) is 0 Å². The van der Waals surface area contributed by atoms with Gasteiger partial charge in [0.15, 0.2) is 0 Å². The Hall–Kier alpha value is -2.34. The Bertz CT molecular complexity index is 828. The molecule has 1 N–H and O–H groups in total. The second-order valence-corrected chi connectivity index (χ2v) is 6.71. The largest absolute Gasteiger partial charge is 0.481 e. The number of carbonyl (C=O) groups is 2. The maximum absolute atomic E-state index is 13.1. The van der Waals surface area contributed by atoms with Crippen molar-refractivity contribution in [2.75, 3.05) is 11.9 Å². The first-order valence-corrected chi connectivity index (χ1v) is 8.19. The highest BCUT2D eigenvalue weighted by atomic mass is 16.5. The van der Waals surface area contributed by atoms with E-state index in [0.29, 0.717) is 0 Å². The fraction of sp³-hybridized carbons (Fsp3) is 0.444. The van der Waals surface area contributed by atoms with Crippen molar-refractivity contribution in [3.8, 4) is 0 Å². The Morgan fingerprint density at radius 3 is 2.62 bits per heavy atom. The average molecular weight is 328 g/mol. The van der Waals surface area contributed by atoms with Crippen LogP contribution in [0.3, 0.4) is 0 Å². The van der Waals surface area contributed by atoms with Crippen LogP contribution in [0.1, 0.15) is 12.8 Å². The van der Waals surface area contributed by atoms with Crippen molar-refractivity contribution in [2.24, 2.45) is 18.9 Å². The zero-order chi connectivity index (χ0) is 17.0. The van der Waals surface area contributed by atoms with Crippen LogP contribution < -0.4 is 4.90 Å². The van der Waals surface area contributed by atoms with E-state index in [1.165, 1.54) is 0 Å². The molecular formula is C18H20N2O4. The standard InChI is InChI=1S/C18H20N2O4/c1-19-9-8-10-11(19)4-3-5-12(10)20(2)17(21)15-13-6-7-14(24-13)16(15)18(22)23/h3-5,8-9,13-16H,6-7H2,1-2H3,(H,22,23). The molecule has 1 aromatic carbocycles. The average Bonchev–Trinajstić information content (AvgIpc) is 3.27. The van der Waals surface area contributed by atoms with Crippen molar-refractivity contribution < 1.29 is 19.4 Å². The lowest BCUT2D eigenvalue weighted by molar-refractivity contribution is -0.147. The Kier molecular flexibility index (Phi) is 3.38. The quantitative estimate of drug-likeness (QED) is 0.936. The van der Waals surface area contributed by atoms with E-state index in [2.05, 4.69) is 0 Å². The number of aryl methyl sites for hydroxylation is 1. The van der Waals surface area contributed by atoms with E-state index in [9.17, 15) is 14.7 Å². The summed E-state index contributed by atoms with van der Waals surface area (Å²) in [7, 11) is 3.67. The van der Waals surface area contributed by atoms with Crippen LogP contribution in [0.15, 0.2) is 30.5 Å². The molecule has 4 unspecified atom stereocenters. The summed E-state index contributed by atoms with van der Waals surface area (Å²) in [4.78, 5) is 26.3. The number of nitrogens with zero attached hydrogens (tertiary/aromatic N) is 2. The van der Waals surface area contributed by atoms with Crippen molar-refractivity contribution >= 4 is 28.5 Å². The van der Waals surface area contributed by atoms with E-state index in [0.717, 1.165) is 29.4 Å². The minimum absolute atomic E-state index is 0.175. The predicted octanol–water partition coefficient (Wildman–Crippen LogP) is 2.02. The fourth-order valence-electron chi connectivity index (χ4n) is 4.23. The molecule has 0 radical (unpaired) electrons. The van der Waals surface area contributed by atoms with Crippen molar-refractivity contribution in [1.82, 2.24) is 4.57 Å². The second kappa shape index (κ2) is 5.34. The minimum atomic E-state index is -0.938. The first-order chi connectivity index (χ1) is 11.5. The molecule has 2 aliphatic heterocycles. The Morgan fingerprint density at radius 1 is 1.21 bits per heavy atom. The van der Waals surface area contributed by atoms with Crippen LogP contribution in [0, 0.1) is 11.8 Å². The molecule has 4 atom stereocenters. The molecule has 24 heavy (non-hydrogen) atoms. The zero-order valence-electron chi connectivity index (χ0n) is 13.7. The number of amides is 1. The zero-order valence-corrected chi connectivity index (χ0v) is 13.7. The molecule has 2 saturated heterocycles. The summed E-state index contributed by atoms with van der Waals surface area (Å²) in [6, 6.07) is 7.77. The molecule has 0 aliphatic carbocycles. The number of hydrogen-bond donors (Lipinski definition) is 1. The van der Waals surface area contributed by atoms with Crippen molar-refractivity contribution in [3.05, 3.63) is 30.5 Å². The molecule has 2 aromatic rings. The number of carbonyl (C=O) groups excluding carboxylic acids is 1. The van der Waals surface area contributed by atoms with E-state index < -0.39 is 17.8 Å². The summed E-state index contributed by atoms with van der Waals surface area (Å²) in [6.45, 7) is 0. The van der Waals surface area contributed by atoms with Crippen LogP contribution in [0.25, 0.3) is 10.9 Å². The van der Waals surface area contributed by atoms with Crippen LogP contribution >= 0.6 is 0 Å². The van der Waals surface area contributed by atoms with Gasteiger partial charge in [-0.25, -0.2) is 0 Å². The molecule has 6 heteroatoms. The first kappa shape index (κ1) is 15.2. The lowest BCUT2D eigenvalue weighted by Gasteiger charge is -2.28. The Labute approximate surface area is 139 Å². The summed E-state index contributed by atoms with van der Waals surface area (Å²) < 4.78 is 7.72. The molecule has 2 fully saturated rings. The Morgan fingerprint density at radius 2 is 1.92 bits per heavy atom. The molecule has 0 saturated carbocycles. The van der Waals surface area contributed by atoms with Gasteiger partial charge in [0.05, 0.1) is 29.7 Å². The molecular weight excluding hydrogens is 308 g/mol. The number of carboxylic acid groups (broad SMARTS) is 1. The van der Waals surface area contributed by atoms with Gasteiger partial charge in [0, 0.05) is 31.2 Å². The first-order valence-electron chi connectivity index (χ1n) is 8.19. The summed E-state index contributed by atoms with van der Waals surface area (Å²) in [5, 5.41) is 10.5. The fourth-order valence-corrected chi connectivity index (χ4v) is 4.23. The van der Waals surface area contributed by atoms with Crippen LogP contribution in [0.5, 0.6) is 0 Å². The minimum Gasteiger partial charge on any atom is -0.481 e. The SMILES string of the molecule is CN(C(=O)C1C2CCC(O2)C1C(=O)O)c1cccc2c1ccn2C. The van der Waals surface area contributed by atoms with Crippen LogP contribution in [-0.2, 0) is 21.4 Å². The van der Waals surface area contributed by atoms with Gasteiger partial charge in [-0.1, -0.05) is 6.07 Å². The van der Waals surface area contributed by atoms with Gasteiger partial charge in [0.1, 0.15) is 0 Å². The lowest BCUT2D eigenvalue weighted by Crippen LogP contribution is -2.44. The van der Waals surface area contributed by atoms with Gasteiger partial charge in [-0.2, -0.15) is 0 Å². The highest BCUT2D eigenvalue weighted by Gasteiger charge is 2.56. The van der Waals surface area contributed by atoms with E-state index in [1.807, 2.05) is 42.1 Å². The normalized spacial score (nSPS) is 28.4. The van der Waals surface area contributed by atoms with E-state index in [-0.39, 0.29) is 18.1 Å². The molecule has 4 rings (SSSR count). The van der Waals surface area contributed by atoms with Crippen molar-refractivity contribution in [3.63, 3.8) is 0 Å². The van der Waals surface area contributed by atoms with Gasteiger partial charge in [-0.3, -0.25) is 9.59 Å². The summed E-state index contributed by atoms with van der Waals surface area (Å²) in [5.41, 5.74) is 1.83. The highest BCUT2D eigenvalue weighted by molar-refractivity contribution is 6.05. The number of ether oxygens (including phenoxy) is 1. The molecule has 2 aliphatic rings. The highest BCUT2D eigenvalue weighted by Crippen LogP contribution is 2.45. The number of benzene rings is 1. The summed E-state index contributed by atoms with van der Waals surface area (Å²) in [5.74, 6) is -2.46. The Balaban J connectivity index is 1.70. The number of rotatable bonds is 3. The van der Waals surface area contributed by atoms with Gasteiger partial charge in [-0.15, -0.1) is 0 Å². The third kappa shape index (κ3) is 2.06. The van der Waals surface area contributed by atoms with Gasteiger partial charge < -0.3 is 19.3 Å². The summed E-state index contributed by atoms with van der Waals surface area (Å²) >= 11 is 0.